The Morgan fingerprint density at radius 3 is 2.84 bits per heavy atom. The van der Waals surface area contributed by atoms with Gasteiger partial charge in [-0.05, 0) is 19.4 Å². The highest BCUT2D eigenvalue weighted by atomic mass is 16.5. The van der Waals surface area contributed by atoms with E-state index in [1.807, 2.05) is 12.1 Å². The highest BCUT2D eigenvalue weighted by Gasteiger charge is 2.14. The predicted octanol–water partition coefficient (Wildman–Crippen LogP) is 3.23. The van der Waals surface area contributed by atoms with Gasteiger partial charge in [0.05, 0.1) is 12.8 Å². The van der Waals surface area contributed by atoms with Crippen molar-refractivity contribution >= 4 is 0 Å². The van der Waals surface area contributed by atoms with E-state index in [1.165, 1.54) is 11.1 Å². The zero-order valence-electron chi connectivity index (χ0n) is 11.6. The molecule has 1 atom stereocenters. The summed E-state index contributed by atoms with van der Waals surface area (Å²) in [7, 11) is 1.71. The molecule has 4 heteroatoms. The lowest BCUT2D eigenvalue weighted by atomic mass is 10.0. The normalized spacial score (nSPS) is 12.4. The second-order valence-corrected chi connectivity index (χ2v) is 4.58. The van der Waals surface area contributed by atoms with E-state index in [-0.39, 0.29) is 6.04 Å². The van der Waals surface area contributed by atoms with Crippen molar-refractivity contribution in [3.05, 3.63) is 47.3 Å². The molecule has 1 aromatic heterocycles. The van der Waals surface area contributed by atoms with Crippen LogP contribution in [0.2, 0.25) is 0 Å². The molecule has 0 amide bonds. The molecule has 1 aromatic carbocycles. The molecule has 0 spiro atoms. The van der Waals surface area contributed by atoms with Crippen molar-refractivity contribution in [2.45, 2.75) is 32.9 Å². The first-order valence-electron chi connectivity index (χ1n) is 6.51. The van der Waals surface area contributed by atoms with Crippen LogP contribution in [0, 0.1) is 6.92 Å². The van der Waals surface area contributed by atoms with Crippen molar-refractivity contribution in [2.75, 3.05) is 7.11 Å². The minimum atomic E-state index is 0.242. The lowest BCUT2D eigenvalue weighted by Crippen LogP contribution is -2.21. The third kappa shape index (κ3) is 3.35. The molecule has 19 heavy (non-hydrogen) atoms. The standard InChI is InChI=1S/C15H20N2O2/c1-4-14(16-10-12-7-8-19-17-12)13-9-11(2)5-6-15(13)18-3/h5-9,14,16H,4,10H2,1-3H3/t14-/m0/s1. The fraction of sp³-hybridized carbons (Fsp3) is 0.400. The number of benzene rings is 1. The predicted molar refractivity (Wildman–Crippen MR) is 74.1 cm³/mol. The lowest BCUT2D eigenvalue weighted by Gasteiger charge is -2.20. The average molecular weight is 260 g/mol. The van der Waals surface area contributed by atoms with Crippen LogP contribution in [0.5, 0.6) is 5.75 Å². The fourth-order valence-corrected chi connectivity index (χ4v) is 2.16. The summed E-state index contributed by atoms with van der Waals surface area (Å²) in [6.07, 6.45) is 2.57. The van der Waals surface area contributed by atoms with E-state index in [2.05, 4.69) is 36.5 Å². The molecule has 0 saturated heterocycles. The van der Waals surface area contributed by atoms with Gasteiger partial charge in [0.2, 0.25) is 0 Å². The number of nitrogens with zero attached hydrogens (tertiary/aromatic N) is 1. The number of nitrogens with one attached hydrogen (secondary N) is 1. The Balaban J connectivity index is 2.14. The number of rotatable bonds is 6. The number of hydrogen-bond donors (Lipinski definition) is 1. The van der Waals surface area contributed by atoms with Gasteiger partial charge in [-0.25, -0.2) is 0 Å². The zero-order chi connectivity index (χ0) is 13.7. The monoisotopic (exact) mass is 260 g/mol. The van der Waals surface area contributed by atoms with Crippen molar-refractivity contribution < 1.29 is 9.26 Å². The molecule has 0 saturated carbocycles. The molecule has 102 valence electrons. The minimum absolute atomic E-state index is 0.242. The van der Waals surface area contributed by atoms with E-state index in [4.69, 9.17) is 9.26 Å². The van der Waals surface area contributed by atoms with Crippen molar-refractivity contribution in [2.24, 2.45) is 0 Å². The van der Waals surface area contributed by atoms with Gasteiger partial charge in [-0.15, -0.1) is 0 Å². The van der Waals surface area contributed by atoms with Gasteiger partial charge < -0.3 is 14.6 Å². The number of methoxy groups -OCH3 is 1. The molecule has 4 nitrogen and oxygen atoms in total. The van der Waals surface area contributed by atoms with Gasteiger partial charge in [-0.2, -0.15) is 0 Å². The quantitative estimate of drug-likeness (QED) is 0.866. The Bertz CT molecular complexity index is 509. The maximum atomic E-state index is 5.45. The van der Waals surface area contributed by atoms with E-state index < -0.39 is 0 Å². The summed E-state index contributed by atoms with van der Waals surface area (Å²) in [5.74, 6) is 0.921. The Kier molecular flexibility index (Phi) is 4.58. The van der Waals surface area contributed by atoms with E-state index in [9.17, 15) is 0 Å². The van der Waals surface area contributed by atoms with Gasteiger partial charge in [0.1, 0.15) is 12.0 Å². The summed E-state index contributed by atoms with van der Waals surface area (Å²) in [6, 6.07) is 8.36. The van der Waals surface area contributed by atoms with Crippen LogP contribution in [0.1, 0.15) is 36.2 Å². The maximum absolute atomic E-state index is 5.45. The van der Waals surface area contributed by atoms with Gasteiger partial charge >= 0.3 is 0 Å². The van der Waals surface area contributed by atoms with Crippen LogP contribution in [0.4, 0.5) is 0 Å². The summed E-state index contributed by atoms with van der Waals surface area (Å²) < 4.78 is 10.3. The van der Waals surface area contributed by atoms with Gasteiger partial charge in [0.25, 0.3) is 0 Å². The molecule has 0 fully saturated rings. The molecule has 0 bridgehead atoms. The first kappa shape index (κ1) is 13.6. The molecule has 0 aliphatic rings. The Labute approximate surface area is 113 Å². The number of aromatic nitrogens is 1. The van der Waals surface area contributed by atoms with Crippen LogP contribution in [-0.2, 0) is 6.54 Å². The summed E-state index contributed by atoms with van der Waals surface area (Å²) in [5.41, 5.74) is 3.33. The molecule has 2 rings (SSSR count). The fourth-order valence-electron chi connectivity index (χ4n) is 2.16. The summed E-state index contributed by atoms with van der Waals surface area (Å²) in [5, 5.41) is 7.40. The Morgan fingerprint density at radius 2 is 2.21 bits per heavy atom. The van der Waals surface area contributed by atoms with Crippen molar-refractivity contribution in [3.63, 3.8) is 0 Å². The molecule has 0 unspecified atom stereocenters. The Hall–Kier alpha value is -1.81. The highest BCUT2D eigenvalue weighted by molar-refractivity contribution is 5.39. The van der Waals surface area contributed by atoms with Gasteiger partial charge in [0.15, 0.2) is 0 Å². The first-order chi connectivity index (χ1) is 9.24. The van der Waals surface area contributed by atoms with Gasteiger partial charge in [-0.1, -0.05) is 29.8 Å². The van der Waals surface area contributed by atoms with Gasteiger partial charge in [-0.3, -0.25) is 0 Å². The summed E-state index contributed by atoms with van der Waals surface area (Å²) in [4.78, 5) is 0. The average Bonchev–Trinajstić information content (AvgIpc) is 2.93. The summed E-state index contributed by atoms with van der Waals surface area (Å²) >= 11 is 0. The van der Waals surface area contributed by atoms with Crippen LogP contribution in [0.25, 0.3) is 0 Å². The number of aryl methyl sites for hydroxylation is 1. The molecule has 0 aliphatic carbocycles. The molecule has 0 radical (unpaired) electrons. The Morgan fingerprint density at radius 1 is 1.37 bits per heavy atom. The van der Waals surface area contributed by atoms with E-state index in [0.29, 0.717) is 6.54 Å². The van der Waals surface area contributed by atoms with Gasteiger partial charge in [0, 0.05) is 24.2 Å². The van der Waals surface area contributed by atoms with Crippen molar-refractivity contribution in [1.29, 1.82) is 0 Å². The van der Waals surface area contributed by atoms with Crippen molar-refractivity contribution in [3.8, 4) is 5.75 Å². The molecule has 0 aliphatic heterocycles. The smallest absolute Gasteiger partial charge is 0.124 e. The lowest BCUT2D eigenvalue weighted by molar-refractivity contribution is 0.389. The third-order valence-corrected chi connectivity index (χ3v) is 3.19. The second-order valence-electron chi connectivity index (χ2n) is 4.58. The van der Waals surface area contributed by atoms with Crippen LogP contribution in [0.3, 0.4) is 0 Å². The molecule has 1 heterocycles. The largest absolute Gasteiger partial charge is 0.496 e. The summed E-state index contributed by atoms with van der Waals surface area (Å²) in [6.45, 7) is 4.93. The highest BCUT2D eigenvalue weighted by Crippen LogP contribution is 2.28. The molecule has 1 N–H and O–H groups in total. The minimum Gasteiger partial charge on any atom is -0.496 e. The van der Waals surface area contributed by atoms with E-state index >= 15 is 0 Å². The van der Waals surface area contributed by atoms with Crippen LogP contribution in [0.15, 0.2) is 35.1 Å². The zero-order valence-corrected chi connectivity index (χ0v) is 11.6. The molecular weight excluding hydrogens is 240 g/mol. The first-order valence-corrected chi connectivity index (χ1v) is 6.51. The van der Waals surface area contributed by atoms with Crippen LogP contribution in [-0.4, -0.2) is 12.3 Å². The molecular formula is C15H20N2O2. The van der Waals surface area contributed by atoms with E-state index in [1.54, 1.807) is 13.4 Å². The van der Waals surface area contributed by atoms with Crippen LogP contribution < -0.4 is 10.1 Å². The maximum Gasteiger partial charge on any atom is 0.124 e. The SMILES string of the molecule is CC[C@H](NCc1ccon1)c1cc(C)ccc1OC. The van der Waals surface area contributed by atoms with E-state index in [0.717, 1.165) is 17.9 Å². The third-order valence-electron chi connectivity index (χ3n) is 3.19. The topological polar surface area (TPSA) is 47.3 Å². The number of ether oxygens (including phenoxy) is 1. The van der Waals surface area contributed by atoms with Crippen molar-refractivity contribution in [1.82, 2.24) is 10.5 Å². The molecule has 2 aromatic rings. The second kappa shape index (κ2) is 6.38. The van der Waals surface area contributed by atoms with Crippen LogP contribution >= 0.6 is 0 Å². The number of hydrogen-bond acceptors (Lipinski definition) is 4.